The molecule has 0 saturated heterocycles. The lowest BCUT2D eigenvalue weighted by Gasteiger charge is -2.24. The maximum atomic E-state index is 10.8. The van der Waals surface area contributed by atoms with Gasteiger partial charge in [-0.3, -0.25) is 4.68 Å². The van der Waals surface area contributed by atoms with Crippen molar-refractivity contribution >= 4 is 31.9 Å². The smallest absolute Gasteiger partial charge is 0.0738 e. The zero-order valence-corrected chi connectivity index (χ0v) is 15.7. The molecule has 114 valence electrons. The largest absolute Gasteiger partial charge is 0.389 e. The molecule has 0 aliphatic carbocycles. The summed E-state index contributed by atoms with van der Waals surface area (Å²) in [6, 6.07) is 8.08. The average Bonchev–Trinajstić information content (AvgIpc) is 2.68. The zero-order chi connectivity index (χ0) is 15.6. The summed E-state index contributed by atoms with van der Waals surface area (Å²) in [5.74, 6) is 0. The third-order valence-corrected chi connectivity index (χ3v) is 5.06. The van der Waals surface area contributed by atoms with Crippen molar-refractivity contribution in [3.05, 3.63) is 50.2 Å². The number of aryl methyl sites for hydroxylation is 2. The summed E-state index contributed by atoms with van der Waals surface area (Å²) in [6.07, 6.45) is 1.18. The number of hydrogen-bond donors (Lipinski definition) is 1. The maximum absolute atomic E-state index is 10.8. The van der Waals surface area contributed by atoms with Gasteiger partial charge >= 0.3 is 0 Å². The van der Waals surface area contributed by atoms with Crippen LogP contribution in [-0.4, -0.2) is 20.5 Å². The van der Waals surface area contributed by atoms with Crippen molar-refractivity contribution in [1.82, 2.24) is 9.78 Å². The molecular weight excluding hydrogens is 396 g/mol. The Labute approximate surface area is 142 Å². The minimum atomic E-state index is -0.810. The van der Waals surface area contributed by atoms with Crippen molar-refractivity contribution in [2.45, 2.75) is 45.8 Å². The van der Waals surface area contributed by atoms with Gasteiger partial charge in [-0.05, 0) is 54.4 Å². The first kappa shape index (κ1) is 16.7. The molecule has 2 rings (SSSR count). The molecule has 1 N–H and O–H groups in total. The van der Waals surface area contributed by atoms with Gasteiger partial charge in [0.05, 0.1) is 21.5 Å². The van der Waals surface area contributed by atoms with Crippen molar-refractivity contribution in [3.63, 3.8) is 0 Å². The van der Waals surface area contributed by atoms with Gasteiger partial charge in [0, 0.05) is 23.9 Å². The van der Waals surface area contributed by atoms with E-state index >= 15 is 0 Å². The van der Waals surface area contributed by atoms with Crippen LogP contribution in [0.4, 0.5) is 0 Å². The van der Waals surface area contributed by atoms with Crippen molar-refractivity contribution in [2.75, 3.05) is 0 Å². The molecule has 0 aliphatic rings. The van der Waals surface area contributed by atoms with Gasteiger partial charge in [0.2, 0.25) is 0 Å². The van der Waals surface area contributed by atoms with E-state index in [9.17, 15) is 5.11 Å². The lowest BCUT2D eigenvalue weighted by Crippen LogP contribution is -2.31. The summed E-state index contributed by atoms with van der Waals surface area (Å²) >= 11 is 7.02. The lowest BCUT2D eigenvalue weighted by molar-refractivity contribution is 0.0585. The molecule has 0 amide bonds. The van der Waals surface area contributed by atoms with Gasteiger partial charge in [0.1, 0.15) is 0 Å². The van der Waals surface area contributed by atoms with E-state index in [1.165, 1.54) is 0 Å². The van der Waals surface area contributed by atoms with E-state index in [1.807, 2.05) is 42.8 Å². The minimum Gasteiger partial charge on any atom is -0.389 e. The first-order chi connectivity index (χ1) is 9.82. The minimum absolute atomic E-state index is 0.568. The highest BCUT2D eigenvalue weighted by Gasteiger charge is 2.26. The van der Waals surface area contributed by atoms with Crippen molar-refractivity contribution in [3.8, 4) is 0 Å². The SMILES string of the molecule is CCn1nc(C)c(Br)c1CC(C)(O)Cc1ccc(Br)cc1. The molecule has 2 aromatic rings. The number of nitrogens with zero attached hydrogens (tertiary/aromatic N) is 2. The lowest BCUT2D eigenvalue weighted by atomic mass is 9.92. The Balaban J connectivity index is 2.19. The predicted molar refractivity (Wildman–Crippen MR) is 92.5 cm³/mol. The first-order valence-electron chi connectivity index (χ1n) is 7.01. The van der Waals surface area contributed by atoms with Crippen LogP contribution in [0.15, 0.2) is 33.2 Å². The van der Waals surface area contributed by atoms with Crippen LogP contribution >= 0.6 is 31.9 Å². The molecule has 0 aliphatic heterocycles. The highest BCUT2D eigenvalue weighted by molar-refractivity contribution is 9.10. The fraction of sp³-hybridized carbons (Fsp3) is 0.438. The Morgan fingerprint density at radius 1 is 1.19 bits per heavy atom. The van der Waals surface area contributed by atoms with Crippen LogP contribution in [0.1, 0.15) is 30.8 Å². The number of hydrogen-bond acceptors (Lipinski definition) is 2. The highest BCUT2D eigenvalue weighted by atomic mass is 79.9. The average molecular weight is 416 g/mol. The molecule has 1 unspecified atom stereocenters. The molecule has 0 fully saturated rings. The topological polar surface area (TPSA) is 38.0 Å². The van der Waals surface area contributed by atoms with E-state index in [0.29, 0.717) is 12.8 Å². The molecule has 0 bridgehead atoms. The van der Waals surface area contributed by atoms with Crippen LogP contribution in [0.5, 0.6) is 0 Å². The van der Waals surface area contributed by atoms with E-state index in [4.69, 9.17) is 0 Å². The molecule has 0 radical (unpaired) electrons. The summed E-state index contributed by atoms with van der Waals surface area (Å²) < 4.78 is 4.00. The van der Waals surface area contributed by atoms with Gasteiger partial charge in [-0.2, -0.15) is 5.10 Å². The van der Waals surface area contributed by atoms with Crippen LogP contribution in [0.3, 0.4) is 0 Å². The molecule has 0 saturated carbocycles. The molecule has 21 heavy (non-hydrogen) atoms. The second kappa shape index (κ2) is 6.63. The summed E-state index contributed by atoms with van der Waals surface area (Å²) in [6.45, 7) is 6.72. The molecule has 1 atom stereocenters. The van der Waals surface area contributed by atoms with Gasteiger partial charge in [-0.25, -0.2) is 0 Å². The van der Waals surface area contributed by atoms with Crippen molar-refractivity contribution in [1.29, 1.82) is 0 Å². The van der Waals surface area contributed by atoms with E-state index < -0.39 is 5.60 Å². The molecule has 0 spiro atoms. The van der Waals surface area contributed by atoms with Crippen LogP contribution in [0.25, 0.3) is 0 Å². The van der Waals surface area contributed by atoms with E-state index in [2.05, 4.69) is 43.9 Å². The second-order valence-corrected chi connectivity index (χ2v) is 7.35. The number of rotatable bonds is 5. The zero-order valence-electron chi connectivity index (χ0n) is 12.5. The molecular formula is C16H20Br2N2O. The summed E-state index contributed by atoms with van der Waals surface area (Å²) in [5.41, 5.74) is 2.33. The van der Waals surface area contributed by atoms with Gasteiger partial charge in [0.15, 0.2) is 0 Å². The summed E-state index contributed by atoms with van der Waals surface area (Å²) in [5, 5.41) is 15.3. The second-order valence-electron chi connectivity index (χ2n) is 5.64. The molecule has 1 heterocycles. The van der Waals surface area contributed by atoms with Crippen molar-refractivity contribution in [2.24, 2.45) is 0 Å². The normalized spacial score (nSPS) is 14.2. The molecule has 3 nitrogen and oxygen atoms in total. The fourth-order valence-corrected chi connectivity index (χ4v) is 3.19. The van der Waals surface area contributed by atoms with Gasteiger partial charge in [-0.15, -0.1) is 0 Å². The van der Waals surface area contributed by atoms with E-state index in [-0.39, 0.29) is 0 Å². The quantitative estimate of drug-likeness (QED) is 0.791. The predicted octanol–water partition coefficient (Wildman–Crippen LogP) is 4.27. The molecule has 1 aromatic carbocycles. The molecule has 5 heteroatoms. The van der Waals surface area contributed by atoms with E-state index in [0.717, 1.165) is 32.4 Å². The summed E-state index contributed by atoms with van der Waals surface area (Å²) in [7, 11) is 0. The summed E-state index contributed by atoms with van der Waals surface area (Å²) in [4.78, 5) is 0. The van der Waals surface area contributed by atoms with Crippen molar-refractivity contribution < 1.29 is 5.11 Å². The van der Waals surface area contributed by atoms with E-state index in [1.54, 1.807) is 0 Å². The number of aromatic nitrogens is 2. The third-order valence-electron chi connectivity index (χ3n) is 3.50. The molecule has 1 aromatic heterocycles. The van der Waals surface area contributed by atoms with Crippen LogP contribution < -0.4 is 0 Å². The van der Waals surface area contributed by atoms with Gasteiger partial charge in [-0.1, -0.05) is 28.1 Å². The first-order valence-corrected chi connectivity index (χ1v) is 8.59. The number of benzene rings is 1. The Bertz CT molecular complexity index is 618. The van der Waals surface area contributed by atoms with Crippen LogP contribution in [0, 0.1) is 6.92 Å². The Morgan fingerprint density at radius 2 is 1.81 bits per heavy atom. The third kappa shape index (κ3) is 4.18. The van der Waals surface area contributed by atoms with Crippen LogP contribution in [0.2, 0.25) is 0 Å². The highest BCUT2D eigenvalue weighted by Crippen LogP contribution is 2.27. The standard InChI is InChI=1S/C16H20Br2N2O/c1-4-20-14(15(18)11(2)19-20)10-16(3,21)9-12-5-7-13(17)8-6-12/h5-8,21H,4,9-10H2,1-3H3. The maximum Gasteiger partial charge on any atom is 0.0738 e. The number of halogens is 2. The van der Waals surface area contributed by atoms with Crippen LogP contribution in [-0.2, 0) is 19.4 Å². The Hall–Kier alpha value is -0.650. The van der Waals surface area contributed by atoms with Gasteiger partial charge < -0.3 is 5.11 Å². The number of aliphatic hydroxyl groups is 1. The van der Waals surface area contributed by atoms with Gasteiger partial charge in [0.25, 0.3) is 0 Å². The Kier molecular flexibility index (Phi) is 5.28. The monoisotopic (exact) mass is 414 g/mol. The Morgan fingerprint density at radius 3 is 2.38 bits per heavy atom. The fourth-order valence-electron chi connectivity index (χ4n) is 2.50.